The van der Waals surface area contributed by atoms with Gasteiger partial charge in [-0.15, -0.1) is 23.2 Å². The number of carbonyl (C=O) groups excluding carboxylic acids is 1. The summed E-state index contributed by atoms with van der Waals surface area (Å²) in [6, 6.07) is 15.5. The number of alkyl halides is 5. The van der Waals surface area contributed by atoms with Gasteiger partial charge in [-0.1, -0.05) is 48.5 Å². The lowest BCUT2D eigenvalue weighted by molar-refractivity contribution is -0.174. The van der Waals surface area contributed by atoms with Crippen molar-refractivity contribution in [2.45, 2.75) is 43.9 Å². The SMILES string of the molecule is ClCCl.N[C@@H]1CCc2ccccc21.O=C(N[C@@H]1CCc2ccccc21)C(F)(F)F. The van der Waals surface area contributed by atoms with Crippen molar-refractivity contribution in [2.24, 2.45) is 5.73 Å². The van der Waals surface area contributed by atoms with Crippen LogP contribution in [-0.2, 0) is 17.6 Å². The molecule has 4 rings (SSSR count). The lowest BCUT2D eigenvalue weighted by Gasteiger charge is -2.15. The van der Waals surface area contributed by atoms with Crippen molar-refractivity contribution in [2.75, 3.05) is 5.34 Å². The molecular weight excluding hydrogens is 424 g/mol. The Kier molecular flexibility index (Phi) is 8.80. The lowest BCUT2D eigenvalue weighted by Crippen LogP contribution is -2.38. The fourth-order valence-corrected chi connectivity index (χ4v) is 3.54. The first-order chi connectivity index (χ1) is 13.8. The Hall–Kier alpha value is -1.76. The highest BCUT2D eigenvalue weighted by molar-refractivity contribution is 6.40. The van der Waals surface area contributed by atoms with Gasteiger partial charge in [0.2, 0.25) is 0 Å². The van der Waals surface area contributed by atoms with E-state index in [0.29, 0.717) is 18.9 Å². The van der Waals surface area contributed by atoms with Crippen LogP contribution in [0.4, 0.5) is 13.2 Å². The van der Waals surface area contributed by atoms with Crippen LogP contribution in [0, 0.1) is 0 Å². The molecule has 2 atom stereocenters. The topological polar surface area (TPSA) is 55.1 Å². The molecule has 3 nitrogen and oxygen atoms in total. The molecule has 0 bridgehead atoms. The molecule has 2 aliphatic rings. The Morgan fingerprint density at radius 1 is 0.966 bits per heavy atom. The third-order valence-corrected chi connectivity index (χ3v) is 4.87. The number of amides is 1. The smallest absolute Gasteiger partial charge is 0.341 e. The predicted octanol–water partition coefficient (Wildman–Crippen LogP) is 5.41. The zero-order valence-corrected chi connectivity index (χ0v) is 17.2. The van der Waals surface area contributed by atoms with Crippen molar-refractivity contribution in [1.82, 2.24) is 5.32 Å². The highest BCUT2D eigenvalue weighted by Gasteiger charge is 2.40. The first-order valence-corrected chi connectivity index (χ1v) is 10.3. The van der Waals surface area contributed by atoms with E-state index in [4.69, 9.17) is 28.9 Å². The van der Waals surface area contributed by atoms with Crippen LogP contribution in [0.3, 0.4) is 0 Å². The Morgan fingerprint density at radius 2 is 1.45 bits per heavy atom. The molecule has 0 fully saturated rings. The molecule has 1 amide bonds. The molecule has 3 N–H and O–H groups in total. The van der Waals surface area contributed by atoms with Crippen LogP contribution in [0.2, 0.25) is 0 Å². The second kappa shape index (κ2) is 10.9. The van der Waals surface area contributed by atoms with Gasteiger partial charge in [-0.2, -0.15) is 13.2 Å². The summed E-state index contributed by atoms with van der Waals surface area (Å²) in [6.07, 6.45) is -1.28. The summed E-state index contributed by atoms with van der Waals surface area (Å²) in [5, 5.41) is 2.21. The van der Waals surface area contributed by atoms with Crippen molar-refractivity contribution < 1.29 is 18.0 Å². The maximum atomic E-state index is 12.1. The van der Waals surface area contributed by atoms with Gasteiger partial charge in [0, 0.05) is 6.04 Å². The van der Waals surface area contributed by atoms with Crippen LogP contribution in [0.5, 0.6) is 0 Å². The molecule has 0 heterocycles. The molecule has 8 heteroatoms. The normalized spacial score (nSPS) is 19.1. The quantitative estimate of drug-likeness (QED) is 0.575. The summed E-state index contributed by atoms with van der Waals surface area (Å²) < 4.78 is 36.2. The van der Waals surface area contributed by atoms with E-state index in [1.54, 1.807) is 12.1 Å². The molecule has 2 aromatic carbocycles. The van der Waals surface area contributed by atoms with E-state index in [0.717, 1.165) is 24.0 Å². The van der Waals surface area contributed by atoms with Gasteiger partial charge in [-0.25, -0.2) is 0 Å². The average Bonchev–Trinajstić information content (AvgIpc) is 3.27. The van der Waals surface area contributed by atoms with Crippen LogP contribution >= 0.6 is 23.2 Å². The minimum atomic E-state index is -4.81. The predicted molar refractivity (Wildman–Crippen MR) is 110 cm³/mol. The van der Waals surface area contributed by atoms with Crippen molar-refractivity contribution in [1.29, 1.82) is 0 Å². The van der Waals surface area contributed by atoms with Crippen molar-refractivity contribution >= 4 is 29.1 Å². The van der Waals surface area contributed by atoms with E-state index < -0.39 is 18.1 Å². The molecule has 158 valence electrons. The van der Waals surface area contributed by atoms with Gasteiger partial charge >= 0.3 is 12.1 Å². The number of hydrogen-bond donors (Lipinski definition) is 2. The molecule has 0 saturated carbocycles. The van der Waals surface area contributed by atoms with E-state index >= 15 is 0 Å². The molecule has 29 heavy (non-hydrogen) atoms. The van der Waals surface area contributed by atoms with Gasteiger partial charge in [0.15, 0.2) is 0 Å². The van der Waals surface area contributed by atoms with E-state index in [1.165, 1.54) is 11.1 Å². The van der Waals surface area contributed by atoms with E-state index in [2.05, 4.69) is 24.3 Å². The number of fused-ring (bicyclic) bond motifs is 2. The minimum Gasteiger partial charge on any atom is -0.341 e. The maximum absolute atomic E-state index is 12.1. The second-order valence-corrected chi connectivity index (χ2v) is 7.51. The Balaban J connectivity index is 0.000000196. The van der Waals surface area contributed by atoms with Crippen molar-refractivity contribution in [3.8, 4) is 0 Å². The fraction of sp³-hybridized carbons (Fsp3) is 0.381. The highest BCUT2D eigenvalue weighted by Crippen LogP contribution is 2.31. The third kappa shape index (κ3) is 6.63. The number of nitrogens with two attached hydrogens (primary N) is 1. The molecule has 0 aromatic heterocycles. The Morgan fingerprint density at radius 3 is 2.00 bits per heavy atom. The van der Waals surface area contributed by atoms with Crippen molar-refractivity contribution in [3.63, 3.8) is 0 Å². The standard InChI is InChI=1S/C11H10F3NO.C9H11N.CH2Cl2/c12-11(13,14)10(16)15-9-6-5-7-3-1-2-4-8(7)9;10-9-6-5-7-3-1-2-4-8(7)9;2-1-3/h1-4,9H,5-6H2,(H,15,16);1-4,9H,5-6,10H2;1H2/t2*9-;/m11./s1. The zero-order valence-electron chi connectivity index (χ0n) is 15.7. The third-order valence-electron chi connectivity index (χ3n) is 4.87. The molecule has 2 aromatic rings. The van der Waals surface area contributed by atoms with Gasteiger partial charge < -0.3 is 11.1 Å². The van der Waals surface area contributed by atoms with E-state index in [1.807, 2.05) is 17.4 Å². The minimum absolute atomic E-state index is 0.194. The summed E-state index contributed by atoms with van der Waals surface area (Å²) in [5.41, 5.74) is 10.4. The number of halogens is 5. The van der Waals surface area contributed by atoms with Crippen LogP contribution in [0.1, 0.15) is 47.2 Å². The summed E-state index contributed by atoms with van der Waals surface area (Å²) >= 11 is 9.53. The lowest BCUT2D eigenvalue weighted by atomic mass is 10.1. The number of benzene rings is 2. The largest absolute Gasteiger partial charge is 0.471 e. The molecule has 0 spiro atoms. The number of aryl methyl sites for hydroxylation is 2. The summed E-state index contributed by atoms with van der Waals surface area (Å²) in [4.78, 5) is 10.8. The Labute approximate surface area is 178 Å². The van der Waals surface area contributed by atoms with E-state index in [9.17, 15) is 18.0 Å². The first kappa shape index (κ1) is 23.5. The van der Waals surface area contributed by atoms with E-state index in [-0.39, 0.29) is 5.34 Å². The molecule has 0 saturated heterocycles. The fourth-order valence-electron chi connectivity index (χ4n) is 3.54. The monoisotopic (exact) mass is 446 g/mol. The number of rotatable bonds is 1. The molecule has 0 radical (unpaired) electrons. The van der Waals surface area contributed by atoms with Gasteiger partial charge in [-0.05, 0) is 47.9 Å². The highest BCUT2D eigenvalue weighted by atomic mass is 35.5. The number of nitrogens with one attached hydrogen (secondary N) is 1. The average molecular weight is 447 g/mol. The molecule has 0 unspecified atom stereocenters. The maximum Gasteiger partial charge on any atom is 0.471 e. The second-order valence-electron chi connectivity index (χ2n) is 6.71. The molecule has 2 aliphatic carbocycles. The summed E-state index contributed by atoms with van der Waals surface area (Å²) in [7, 11) is 0. The van der Waals surface area contributed by atoms with Gasteiger partial charge in [0.25, 0.3) is 0 Å². The van der Waals surface area contributed by atoms with Crippen molar-refractivity contribution in [3.05, 3.63) is 70.8 Å². The number of carbonyl (C=O) groups is 1. The van der Waals surface area contributed by atoms with Crippen LogP contribution in [0.25, 0.3) is 0 Å². The first-order valence-electron chi connectivity index (χ1n) is 9.18. The molecule has 0 aliphatic heterocycles. The molecular formula is C21H23Cl2F3N2O. The van der Waals surface area contributed by atoms with Gasteiger partial charge in [0.05, 0.1) is 11.4 Å². The van der Waals surface area contributed by atoms with Crippen LogP contribution < -0.4 is 11.1 Å². The summed E-state index contributed by atoms with van der Waals surface area (Å²) in [5.74, 6) is -1.87. The van der Waals surface area contributed by atoms with Gasteiger partial charge in [-0.3, -0.25) is 4.79 Å². The Bertz CT molecular complexity index is 815. The van der Waals surface area contributed by atoms with Gasteiger partial charge in [0.1, 0.15) is 0 Å². The van der Waals surface area contributed by atoms with Crippen LogP contribution in [0.15, 0.2) is 48.5 Å². The summed E-state index contributed by atoms with van der Waals surface area (Å²) in [6.45, 7) is 0. The zero-order chi connectivity index (χ0) is 21.4. The van der Waals surface area contributed by atoms with Crippen LogP contribution in [-0.4, -0.2) is 17.4 Å². The number of hydrogen-bond acceptors (Lipinski definition) is 2.